The van der Waals surface area contributed by atoms with E-state index in [1.54, 1.807) is 6.92 Å². The van der Waals surface area contributed by atoms with Gasteiger partial charge in [0.2, 0.25) is 0 Å². The lowest BCUT2D eigenvalue weighted by molar-refractivity contribution is 0.148. The molecule has 0 spiro atoms. The molecule has 0 fully saturated rings. The van der Waals surface area contributed by atoms with Gasteiger partial charge in [-0.2, -0.15) is 0 Å². The maximum absolute atomic E-state index is 13.6. The maximum atomic E-state index is 13.6. The Labute approximate surface area is 81.9 Å². The summed E-state index contributed by atoms with van der Waals surface area (Å²) in [5.74, 6) is 0.512. The van der Waals surface area contributed by atoms with Crippen molar-refractivity contribution < 1.29 is 4.39 Å². The number of hydrogen-bond donors (Lipinski definition) is 1. The molecule has 0 rings (SSSR count). The van der Waals surface area contributed by atoms with Crippen LogP contribution in [-0.4, -0.2) is 12.2 Å². The monoisotopic (exact) mass is 189 g/mol. The standard InChI is InChI=1S/C11H24FN/c1-4-6-7-10(5-2)8-11(3,12)9-13/h10H,4-9,13H2,1-3H3. The van der Waals surface area contributed by atoms with Crippen molar-refractivity contribution in [2.45, 2.75) is 58.5 Å². The van der Waals surface area contributed by atoms with Crippen molar-refractivity contribution in [1.29, 1.82) is 0 Å². The lowest BCUT2D eigenvalue weighted by atomic mass is 9.88. The zero-order chi connectivity index (χ0) is 10.3. The molecule has 2 atom stereocenters. The number of rotatable bonds is 7. The first kappa shape index (κ1) is 12.9. The zero-order valence-electron chi connectivity index (χ0n) is 9.28. The van der Waals surface area contributed by atoms with Gasteiger partial charge in [0.15, 0.2) is 0 Å². The van der Waals surface area contributed by atoms with Crippen LogP contribution in [0.3, 0.4) is 0 Å². The van der Waals surface area contributed by atoms with Crippen LogP contribution in [0.15, 0.2) is 0 Å². The van der Waals surface area contributed by atoms with Gasteiger partial charge < -0.3 is 5.73 Å². The molecule has 0 bridgehead atoms. The quantitative estimate of drug-likeness (QED) is 0.653. The molecular weight excluding hydrogens is 165 g/mol. The predicted molar refractivity (Wildman–Crippen MR) is 56.5 cm³/mol. The molecule has 0 aromatic carbocycles. The molecule has 0 radical (unpaired) electrons. The summed E-state index contributed by atoms with van der Waals surface area (Å²) in [6.07, 6.45) is 5.24. The highest BCUT2D eigenvalue weighted by Crippen LogP contribution is 2.26. The van der Waals surface area contributed by atoms with Gasteiger partial charge >= 0.3 is 0 Å². The van der Waals surface area contributed by atoms with Crippen molar-refractivity contribution in [1.82, 2.24) is 0 Å². The van der Waals surface area contributed by atoms with Crippen LogP contribution in [0.1, 0.15) is 52.9 Å². The third kappa shape index (κ3) is 6.03. The van der Waals surface area contributed by atoms with Crippen LogP contribution in [-0.2, 0) is 0 Å². The molecule has 0 aliphatic carbocycles. The lowest BCUT2D eigenvalue weighted by Gasteiger charge is -2.24. The molecule has 80 valence electrons. The van der Waals surface area contributed by atoms with Gasteiger partial charge in [-0.1, -0.05) is 39.5 Å². The normalized spacial score (nSPS) is 18.2. The molecule has 2 heteroatoms. The van der Waals surface area contributed by atoms with Gasteiger partial charge in [0.05, 0.1) is 0 Å². The van der Waals surface area contributed by atoms with Crippen molar-refractivity contribution in [3.63, 3.8) is 0 Å². The van der Waals surface area contributed by atoms with Crippen LogP contribution in [0.25, 0.3) is 0 Å². The van der Waals surface area contributed by atoms with Crippen LogP contribution in [0.4, 0.5) is 4.39 Å². The summed E-state index contributed by atoms with van der Waals surface area (Å²) < 4.78 is 13.6. The molecule has 2 N–H and O–H groups in total. The highest BCUT2D eigenvalue weighted by atomic mass is 19.1. The van der Waals surface area contributed by atoms with E-state index < -0.39 is 5.67 Å². The van der Waals surface area contributed by atoms with Gasteiger partial charge in [-0.25, -0.2) is 4.39 Å². The Bertz CT molecular complexity index is 123. The van der Waals surface area contributed by atoms with E-state index in [9.17, 15) is 4.39 Å². The van der Waals surface area contributed by atoms with Crippen molar-refractivity contribution in [2.75, 3.05) is 6.54 Å². The van der Waals surface area contributed by atoms with Gasteiger partial charge in [0.1, 0.15) is 5.67 Å². The second kappa shape index (κ2) is 6.36. The van der Waals surface area contributed by atoms with E-state index in [1.165, 1.54) is 12.8 Å². The van der Waals surface area contributed by atoms with Crippen LogP contribution in [0, 0.1) is 5.92 Å². The SMILES string of the molecule is CCCCC(CC)CC(C)(F)CN. The molecular formula is C11H24FN. The summed E-state index contributed by atoms with van der Waals surface area (Å²) in [4.78, 5) is 0. The first-order valence-electron chi connectivity index (χ1n) is 5.44. The number of halogens is 1. The summed E-state index contributed by atoms with van der Waals surface area (Å²) >= 11 is 0. The van der Waals surface area contributed by atoms with Crippen LogP contribution >= 0.6 is 0 Å². The minimum Gasteiger partial charge on any atom is -0.328 e. The average Bonchev–Trinajstić information content (AvgIpc) is 2.12. The lowest BCUT2D eigenvalue weighted by Crippen LogP contribution is -2.31. The summed E-state index contributed by atoms with van der Waals surface area (Å²) in [5, 5.41) is 0. The largest absolute Gasteiger partial charge is 0.328 e. The van der Waals surface area contributed by atoms with Gasteiger partial charge in [0.25, 0.3) is 0 Å². The topological polar surface area (TPSA) is 26.0 Å². The van der Waals surface area contributed by atoms with E-state index in [-0.39, 0.29) is 6.54 Å². The fraction of sp³-hybridized carbons (Fsp3) is 1.00. The molecule has 0 aromatic rings. The van der Waals surface area contributed by atoms with Crippen molar-refractivity contribution in [3.05, 3.63) is 0 Å². The number of alkyl halides is 1. The number of nitrogens with two attached hydrogens (primary N) is 1. The Balaban J connectivity index is 3.82. The fourth-order valence-electron chi connectivity index (χ4n) is 1.63. The van der Waals surface area contributed by atoms with E-state index in [0.717, 1.165) is 12.8 Å². The van der Waals surface area contributed by atoms with Crippen LogP contribution in [0.2, 0.25) is 0 Å². The fourth-order valence-corrected chi connectivity index (χ4v) is 1.63. The summed E-state index contributed by atoms with van der Waals surface area (Å²) in [6.45, 7) is 6.06. The summed E-state index contributed by atoms with van der Waals surface area (Å²) in [5.41, 5.74) is 4.20. The van der Waals surface area contributed by atoms with Crippen molar-refractivity contribution >= 4 is 0 Å². The highest BCUT2D eigenvalue weighted by molar-refractivity contribution is 4.77. The maximum Gasteiger partial charge on any atom is 0.120 e. The Morgan fingerprint density at radius 3 is 2.38 bits per heavy atom. The Morgan fingerprint density at radius 2 is 2.00 bits per heavy atom. The molecule has 0 heterocycles. The molecule has 0 aliphatic heterocycles. The van der Waals surface area contributed by atoms with Crippen molar-refractivity contribution in [2.24, 2.45) is 11.7 Å². The highest BCUT2D eigenvalue weighted by Gasteiger charge is 2.24. The number of hydrogen-bond acceptors (Lipinski definition) is 1. The van der Waals surface area contributed by atoms with Gasteiger partial charge in [0, 0.05) is 6.54 Å². The first-order chi connectivity index (χ1) is 6.05. The molecule has 1 nitrogen and oxygen atoms in total. The van der Waals surface area contributed by atoms with Gasteiger partial charge in [-0.15, -0.1) is 0 Å². The van der Waals surface area contributed by atoms with E-state index in [4.69, 9.17) is 5.73 Å². The van der Waals surface area contributed by atoms with E-state index in [1.807, 2.05) is 0 Å². The zero-order valence-corrected chi connectivity index (χ0v) is 9.28. The molecule has 0 aromatic heterocycles. The molecule has 2 unspecified atom stereocenters. The van der Waals surface area contributed by atoms with E-state index >= 15 is 0 Å². The summed E-state index contributed by atoms with van der Waals surface area (Å²) in [6, 6.07) is 0. The molecule has 13 heavy (non-hydrogen) atoms. The minimum atomic E-state index is -1.16. The van der Waals surface area contributed by atoms with E-state index in [0.29, 0.717) is 12.3 Å². The molecule has 0 saturated heterocycles. The average molecular weight is 189 g/mol. The molecule has 0 aliphatic rings. The second-order valence-corrected chi connectivity index (χ2v) is 4.24. The predicted octanol–water partition coefficient (Wildman–Crippen LogP) is 3.28. The molecule has 0 amide bonds. The number of unbranched alkanes of at least 4 members (excludes halogenated alkanes) is 1. The van der Waals surface area contributed by atoms with Gasteiger partial charge in [-0.05, 0) is 19.3 Å². The first-order valence-corrected chi connectivity index (χ1v) is 5.44. The minimum absolute atomic E-state index is 0.148. The van der Waals surface area contributed by atoms with E-state index in [2.05, 4.69) is 13.8 Å². The van der Waals surface area contributed by atoms with Crippen molar-refractivity contribution in [3.8, 4) is 0 Å². The molecule has 0 saturated carbocycles. The second-order valence-electron chi connectivity index (χ2n) is 4.24. The Morgan fingerprint density at radius 1 is 1.38 bits per heavy atom. The third-order valence-corrected chi connectivity index (χ3v) is 2.68. The smallest absolute Gasteiger partial charge is 0.120 e. The van der Waals surface area contributed by atoms with Crippen LogP contribution in [0.5, 0.6) is 0 Å². The van der Waals surface area contributed by atoms with Crippen LogP contribution < -0.4 is 5.73 Å². The Hall–Kier alpha value is -0.110. The Kier molecular flexibility index (Phi) is 6.31. The van der Waals surface area contributed by atoms with Gasteiger partial charge in [-0.3, -0.25) is 0 Å². The summed E-state index contributed by atoms with van der Waals surface area (Å²) in [7, 11) is 0. The third-order valence-electron chi connectivity index (χ3n) is 2.68.